The summed E-state index contributed by atoms with van der Waals surface area (Å²) in [7, 11) is 0. The van der Waals surface area contributed by atoms with Crippen LogP contribution in [-0.4, -0.2) is 16.2 Å². The van der Waals surface area contributed by atoms with Gasteiger partial charge in [-0.1, -0.05) is 18.2 Å². The summed E-state index contributed by atoms with van der Waals surface area (Å²) in [6.45, 7) is 2.65. The van der Waals surface area contributed by atoms with Crippen molar-refractivity contribution in [1.29, 1.82) is 0 Å². The highest BCUT2D eigenvalue weighted by molar-refractivity contribution is 6.18. The van der Waals surface area contributed by atoms with Crippen LogP contribution in [0.25, 0.3) is 10.9 Å². The van der Waals surface area contributed by atoms with Gasteiger partial charge in [-0.3, -0.25) is 4.79 Å². The topological polar surface area (TPSA) is 22.0 Å². The number of nitrogens with zero attached hydrogens (tertiary/aromatic N) is 1. The van der Waals surface area contributed by atoms with E-state index in [1.54, 1.807) is 6.92 Å². The van der Waals surface area contributed by atoms with Crippen LogP contribution in [0.15, 0.2) is 24.3 Å². The molecule has 0 radical (unpaired) electrons. The van der Waals surface area contributed by atoms with E-state index in [1.165, 1.54) is 5.52 Å². The lowest BCUT2D eigenvalue weighted by molar-refractivity contribution is 0.101. The minimum Gasteiger partial charge on any atom is -0.344 e. The number of aromatic nitrogens is 1. The maximum absolute atomic E-state index is 12.0. The number of rotatable bonds is 2. The molecular weight excluding hydrogens is 246 g/mol. The lowest BCUT2D eigenvalue weighted by atomic mass is 9.93. The number of ketones is 1. The highest BCUT2D eigenvalue weighted by atomic mass is 35.5. The van der Waals surface area contributed by atoms with Gasteiger partial charge in [-0.25, -0.2) is 0 Å². The molecule has 2 nitrogen and oxygen atoms in total. The molecule has 1 aliphatic rings. The fourth-order valence-corrected chi connectivity index (χ4v) is 3.44. The molecule has 0 spiro atoms. The average molecular weight is 262 g/mol. The first-order valence-electron chi connectivity index (χ1n) is 6.42. The zero-order valence-electron chi connectivity index (χ0n) is 10.4. The lowest BCUT2D eigenvalue weighted by Crippen LogP contribution is -2.18. The molecule has 1 unspecified atom stereocenters. The molecule has 2 heterocycles. The Morgan fingerprint density at radius 1 is 1.44 bits per heavy atom. The smallest absolute Gasteiger partial charge is 0.162 e. The van der Waals surface area contributed by atoms with Crippen molar-refractivity contribution >= 4 is 28.3 Å². The number of fused-ring (bicyclic) bond motifs is 3. The Morgan fingerprint density at radius 2 is 2.22 bits per heavy atom. The summed E-state index contributed by atoms with van der Waals surface area (Å²) < 4.78 is 2.29. The molecular formula is C15H16ClNO. The quantitative estimate of drug-likeness (QED) is 0.592. The average Bonchev–Trinajstić information content (AvgIpc) is 2.73. The van der Waals surface area contributed by atoms with Crippen molar-refractivity contribution in [2.75, 3.05) is 5.88 Å². The third kappa shape index (κ3) is 1.59. The lowest BCUT2D eigenvalue weighted by Gasteiger charge is -2.24. The van der Waals surface area contributed by atoms with Crippen LogP contribution in [0, 0.1) is 0 Å². The molecule has 0 saturated carbocycles. The SMILES string of the molecule is CC(=O)c1c2n(c3ccccc13)CCCC2CCl. The van der Waals surface area contributed by atoms with E-state index in [0.29, 0.717) is 11.8 Å². The number of carbonyl (C=O) groups is 1. The largest absolute Gasteiger partial charge is 0.344 e. The molecule has 0 aliphatic carbocycles. The Balaban J connectivity index is 2.38. The molecule has 94 valence electrons. The van der Waals surface area contributed by atoms with Crippen LogP contribution >= 0.6 is 11.6 Å². The van der Waals surface area contributed by atoms with Gasteiger partial charge < -0.3 is 4.57 Å². The van der Waals surface area contributed by atoms with Crippen LogP contribution in [-0.2, 0) is 6.54 Å². The van der Waals surface area contributed by atoms with E-state index in [9.17, 15) is 4.79 Å². The number of benzene rings is 1. The van der Waals surface area contributed by atoms with Crippen LogP contribution in [0.4, 0.5) is 0 Å². The fraction of sp³-hybridized carbons (Fsp3) is 0.400. The summed E-state index contributed by atoms with van der Waals surface area (Å²) in [5, 5.41) is 1.08. The molecule has 0 saturated heterocycles. The highest BCUT2D eigenvalue weighted by Crippen LogP contribution is 2.37. The molecule has 18 heavy (non-hydrogen) atoms. The summed E-state index contributed by atoms with van der Waals surface area (Å²) in [4.78, 5) is 12.0. The number of Topliss-reactive ketones (excluding diaryl/α,β-unsaturated/α-hetero) is 1. The number of carbonyl (C=O) groups excluding carboxylic acids is 1. The third-order valence-electron chi connectivity index (χ3n) is 3.87. The van der Waals surface area contributed by atoms with E-state index < -0.39 is 0 Å². The molecule has 0 amide bonds. The molecule has 1 aromatic heterocycles. The second-order valence-electron chi connectivity index (χ2n) is 4.98. The van der Waals surface area contributed by atoms with Crippen molar-refractivity contribution in [3.05, 3.63) is 35.5 Å². The van der Waals surface area contributed by atoms with Crippen molar-refractivity contribution < 1.29 is 4.79 Å². The van der Waals surface area contributed by atoms with Crippen molar-refractivity contribution in [2.24, 2.45) is 0 Å². The molecule has 3 rings (SSSR count). The van der Waals surface area contributed by atoms with E-state index in [4.69, 9.17) is 11.6 Å². The van der Waals surface area contributed by atoms with E-state index in [0.717, 1.165) is 36.0 Å². The molecule has 0 fully saturated rings. The van der Waals surface area contributed by atoms with Crippen molar-refractivity contribution in [2.45, 2.75) is 32.2 Å². The molecule has 0 bridgehead atoms. The standard InChI is InChI=1S/C15H16ClNO/c1-10(18)14-12-6-2-3-7-13(12)17-8-4-5-11(9-16)15(14)17/h2-3,6-7,11H,4-5,8-9H2,1H3. The zero-order valence-corrected chi connectivity index (χ0v) is 11.2. The molecule has 2 aromatic rings. The van der Waals surface area contributed by atoms with Crippen LogP contribution in [0.2, 0.25) is 0 Å². The van der Waals surface area contributed by atoms with Gasteiger partial charge in [0.1, 0.15) is 0 Å². The zero-order chi connectivity index (χ0) is 12.7. The predicted molar refractivity (Wildman–Crippen MR) is 74.6 cm³/mol. The Kier molecular flexibility index (Phi) is 2.90. The Labute approximate surface area is 112 Å². The summed E-state index contributed by atoms with van der Waals surface area (Å²) in [6, 6.07) is 8.17. The van der Waals surface area contributed by atoms with Gasteiger partial charge in [0.15, 0.2) is 5.78 Å². The number of halogens is 1. The van der Waals surface area contributed by atoms with Crippen LogP contribution in [0.3, 0.4) is 0 Å². The first-order valence-corrected chi connectivity index (χ1v) is 6.95. The Morgan fingerprint density at radius 3 is 2.94 bits per heavy atom. The van der Waals surface area contributed by atoms with Crippen molar-refractivity contribution in [3.8, 4) is 0 Å². The Hall–Kier alpha value is -1.28. The second-order valence-corrected chi connectivity index (χ2v) is 5.29. The van der Waals surface area contributed by atoms with Crippen LogP contribution in [0.5, 0.6) is 0 Å². The first-order chi connectivity index (χ1) is 8.74. The van der Waals surface area contributed by atoms with Crippen molar-refractivity contribution in [1.82, 2.24) is 4.57 Å². The summed E-state index contributed by atoms with van der Waals surface area (Å²) in [5.41, 5.74) is 3.22. The van der Waals surface area contributed by atoms with Gasteiger partial charge in [0.25, 0.3) is 0 Å². The van der Waals surface area contributed by atoms with E-state index in [-0.39, 0.29) is 5.78 Å². The Bertz CT molecular complexity index is 614. The number of aryl methyl sites for hydroxylation is 1. The monoisotopic (exact) mass is 261 g/mol. The molecule has 1 aliphatic heterocycles. The number of para-hydroxylation sites is 1. The van der Waals surface area contributed by atoms with Gasteiger partial charge in [-0.15, -0.1) is 11.6 Å². The molecule has 0 N–H and O–H groups in total. The summed E-state index contributed by atoms with van der Waals surface area (Å²) in [6.07, 6.45) is 2.22. The minimum absolute atomic E-state index is 0.150. The maximum Gasteiger partial charge on any atom is 0.162 e. The number of alkyl halides is 1. The summed E-state index contributed by atoms with van der Waals surface area (Å²) in [5.74, 6) is 1.06. The van der Waals surface area contributed by atoms with Gasteiger partial charge in [-0.05, 0) is 25.8 Å². The molecule has 3 heteroatoms. The molecule has 1 atom stereocenters. The highest BCUT2D eigenvalue weighted by Gasteiger charge is 2.28. The summed E-state index contributed by atoms with van der Waals surface area (Å²) >= 11 is 6.09. The maximum atomic E-state index is 12.0. The van der Waals surface area contributed by atoms with E-state index in [2.05, 4.69) is 10.6 Å². The van der Waals surface area contributed by atoms with Crippen LogP contribution in [0.1, 0.15) is 41.7 Å². The normalized spacial score (nSPS) is 18.9. The first kappa shape index (κ1) is 11.8. The van der Waals surface area contributed by atoms with E-state index >= 15 is 0 Å². The number of hydrogen-bond acceptors (Lipinski definition) is 1. The predicted octanol–water partition coefficient (Wildman–Crippen LogP) is 3.96. The minimum atomic E-state index is 0.150. The van der Waals surface area contributed by atoms with Crippen LogP contribution < -0.4 is 0 Å². The van der Waals surface area contributed by atoms with Crippen molar-refractivity contribution in [3.63, 3.8) is 0 Å². The van der Waals surface area contributed by atoms with E-state index in [1.807, 2.05) is 18.2 Å². The third-order valence-corrected chi connectivity index (χ3v) is 4.24. The fourth-order valence-electron chi connectivity index (χ4n) is 3.14. The van der Waals surface area contributed by atoms with Gasteiger partial charge in [0.2, 0.25) is 0 Å². The molecule has 1 aromatic carbocycles. The second kappa shape index (κ2) is 4.43. The number of hydrogen-bond donors (Lipinski definition) is 0. The van der Waals surface area contributed by atoms with Gasteiger partial charge in [0.05, 0.1) is 0 Å². The van der Waals surface area contributed by atoms with Gasteiger partial charge in [-0.2, -0.15) is 0 Å². The van der Waals surface area contributed by atoms with Gasteiger partial charge >= 0.3 is 0 Å². The van der Waals surface area contributed by atoms with Gasteiger partial charge in [0, 0.05) is 40.5 Å².